The van der Waals surface area contributed by atoms with Crippen molar-refractivity contribution in [3.8, 4) is 0 Å². The Morgan fingerprint density at radius 2 is 2.19 bits per heavy atom. The maximum Gasteiger partial charge on any atom is 0.339 e. The Labute approximate surface area is 127 Å². The van der Waals surface area contributed by atoms with Crippen molar-refractivity contribution in [3.05, 3.63) is 45.9 Å². The normalized spacial score (nSPS) is 10.4. The number of hydrogen-bond donors (Lipinski definition) is 0. The van der Waals surface area contributed by atoms with Gasteiger partial charge in [0.25, 0.3) is 0 Å². The number of rotatable bonds is 6. The van der Waals surface area contributed by atoms with Gasteiger partial charge in [0.1, 0.15) is 6.54 Å². The molecule has 0 aromatic carbocycles. The fourth-order valence-electron chi connectivity index (χ4n) is 2.02. The zero-order valence-corrected chi connectivity index (χ0v) is 12.8. The molecule has 0 atom stereocenters. The Hall–Kier alpha value is -2.08. The highest BCUT2D eigenvalue weighted by atomic mass is 32.1. The van der Waals surface area contributed by atoms with E-state index in [1.807, 2.05) is 17.5 Å². The van der Waals surface area contributed by atoms with E-state index in [9.17, 15) is 9.59 Å². The molecule has 2 aromatic heterocycles. The number of aromatic nitrogens is 1. The van der Waals surface area contributed by atoms with E-state index in [-0.39, 0.29) is 12.5 Å². The van der Waals surface area contributed by atoms with Crippen LogP contribution in [0.3, 0.4) is 0 Å². The van der Waals surface area contributed by atoms with Crippen molar-refractivity contribution in [3.63, 3.8) is 0 Å². The van der Waals surface area contributed by atoms with E-state index in [2.05, 4.69) is 0 Å². The molecular weight excluding hydrogens is 290 g/mol. The maximum atomic E-state index is 11.7. The van der Waals surface area contributed by atoms with E-state index >= 15 is 0 Å². The maximum absolute atomic E-state index is 11.7. The lowest BCUT2D eigenvalue weighted by molar-refractivity contribution is -0.143. The summed E-state index contributed by atoms with van der Waals surface area (Å²) in [5.41, 5.74) is 1.32. The number of carbonyl (C=O) groups is 2. The summed E-state index contributed by atoms with van der Waals surface area (Å²) in [5.74, 6) is -0.734. The fraction of sp³-hybridized carbons (Fsp3) is 0.333. The summed E-state index contributed by atoms with van der Waals surface area (Å²) in [7, 11) is 1.34. The first kappa shape index (κ1) is 15.3. The van der Waals surface area contributed by atoms with Gasteiger partial charge in [0.2, 0.25) is 0 Å². The Morgan fingerprint density at radius 3 is 2.81 bits per heavy atom. The third kappa shape index (κ3) is 3.95. The van der Waals surface area contributed by atoms with Crippen molar-refractivity contribution in [1.29, 1.82) is 0 Å². The van der Waals surface area contributed by atoms with Gasteiger partial charge < -0.3 is 14.0 Å². The van der Waals surface area contributed by atoms with Crippen LogP contribution in [0.2, 0.25) is 0 Å². The third-order valence-electron chi connectivity index (χ3n) is 2.95. The molecule has 2 heterocycles. The molecule has 0 unspecified atom stereocenters. The smallest absolute Gasteiger partial charge is 0.339 e. The molecule has 0 amide bonds. The van der Waals surface area contributed by atoms with Gasteiger partial charge in [-0.25, -0.2) is 4.79 Å². The molecular formula is C15H17NO4S. The lowest BCUT2D eigenvalue weighted by atomic mass is 10.2. The summed E-state index contributed by atoms with van der Waals surface area (Å²) in [6.07, 6.45) is 2.29. The first-order chi connectivity index (χ1) is 10.1. The Kier molecular flexibility index (Phi) is 5.16. The molecule has 0 radical (unpaired) electrons. The molecule has 0 saturated heterocycles. The van der Waals surface area contributed by atoms with Crippen LogP contribution in [0, 0.1) is 0 Å². The minimum atomic E-state index is -0.412. The second-order valence-electron chi connectivity index (χ2n) is 4.40. The van der Waals surface area contributed by atoms with Crippen LogP contribution in [0.5, 0.6) is 0 Å². The summed E-state index contributed by atoms with van der Waals surface area (Å²) < 4.78 is 11.4. The van der Waals surface area contributed by atoms with Crippen LogP contribution >= 0.6 is 11.3 Å². The molecule has 2 aromatic rings. The minimum Gasteiger partial charge on any atom is -0.465 e. The first-order valence-corrected chi connectivity index (χ1v) is 7.47. The van der Waals surface area contributed by atoms with Gasteiger partial charge in [-0.1, -0.05) is 6.07 Å². The van der Waals surface area contributed by atoms with E-state index in [0.29, 0.717) is 18.6 Å². The topological polar surface area (TPSA) is 57.5 Å². The first-order valence-electron chi connectivity index (χ1n) is 6.59. The van der Waals surface area contributed by atoms with Crippen molar-refractivity contribution in [2.75, 3.05) is 13.7 Å². The van der Waals surface area contributed by atoms with Crippen LogP contribution < -0.4 is 0 Å². The number of hydrogen-bond acceptors (Lipinski definition) is 5. The number of esters is 2. The standard InChI is InChI=1S/C15H17NO4S/c1-3-20-14(17)10-16-9-11(15(18)19-2)7-12(16)8-13-5-4-6-21-13/h4-7,9H,3,8,10H2,1-2H3. The SMILES string of the molecule is CCOC(=O)Cn1cc(C(=O)OC)cc1Cc1cccs1. The molecule has 112 valence electrons. The number of carbonyl (C=O) groups excluding carboxylic acids is 2. The summed E-state index contributed by atoms with van der Waals surface area (Å²) in [6.45, 7) is 2.19. The highest BCUT2D eigenvalue weighted by Gasteiger charge is 2.15. The highest BCUT2D eigenvalue weighted by Crippen LogP contribution is 2.18. The summed E-state index contributed by atoms with van der Waals surface area (Å²) in [6, 6.07) is 5.74. The number of nitrogens with zero attached hydrogens (tertiary/aromatic N) is 1. The second kappa shape index (κ2) is 7.08. The van der Waals surface area contributed by atoms with Gasteiger partial charge in [-0.2, -0.15) is 0 Å². The van der Waals surface area contributed by atoms with Crippen molar-refractivity contribution >= 4 is 23.3 Å². The van der Waals surface area contributed by atoms with E-state index < -0.39 is 5.97 Å². The van der Waals surface area contributed by atoms with Gasteiger partial charge in [0.05, 0.1) is 19.3 Å². The molecule has 0 fully saturated rings. The molecule has 0 aliphatic heterocycles. The van der Waals surface area contributed by atoms with Crippen LogP contribution in [-0.4, -0.2) is 30.2 Å². The second-order valence-corrected chi connectivity index (χ2v) is 5.43. The van der Waals surface area contributed by atoms with Crippen LogP contribution in [0.15, 0.2) is 29.8 Å². The van der Waals surface area contributed by atoms with Crippen molar-refractivity contribution in [2.24, 2.45) is 0 Å². The van der Waals surface area contributed by atoms with E-state index in [1.54, 1.807) is 35.1 Å². The van der Waals surface area contributed by atoms with Crippen LogP contribution in [0.1, 0.15) is 27.9 Å². The van der Waals surface area contributed by atoms with Crippen LogP contribution in [-0.2, 0) is 27.2 Å². The van der Waals surface area contributed by atoms with E-state index in [1.165, 1.54) is 7.11 Å². The van der Waals surface area contributed by atoms with Gasteiger partial charge in [-0.15, -0.1) is 11.3 Å². The monoisotopic (exact) mass is 307 g/mol. The molecule has 2 rings (SSSR count). The van der Waals surface area contributed by atoms with Crippen LogP contribution in [0.4, 0.5) is 0 Å². The molecule has 0 spiro atoms. The quantitative estimate of drug-likeness (QED) is 0.769. The lowest BCUT2D eigenvalue weighted by Crippen LogP contribution is -2.14. The largest absolute Gasteiger partial charge is 0.465 e. The molecule has 0 N–H and O–H groups in total. The molecule has 6 heteroatoms. The van der Waals surface area contributed by atoms with Gasteiger partial charge in [0, 0.05) is 23.2 Å². The number of ether oxygens (including phenoxy) is 2. The predicted molar refractivity (Wildman–Crippen MR) is 79.5 cm³/mol. The van der Waals surface area contributed by atoms with Crippen molar-refractivity contribution in [1.82, 2.24) is 4.57 Å². The van der Waals surface area contributed by atoms with Gasteiger partial charge in [-0.05, 0) is 24.4 Å². The molecule has 0 saturated carbocycles. The number of methoxy groups -OCH3 is 1. The van der Waals surface area contributed by atoms with Crippen molar-refractivity contribution < 1.29 is 19.1 Å². The average molecular weight is 307 g/mol. The molecule has 0 bridgehead atoms. The molecule has 0 aliphatic carbocycles. The lowest BCUT2D eigenvalue weighted by Gasteiger charge is -2.07. The average Bonchev–Trinajstić information content (AvgIpc) is 3.09. The summed E-state index contributed by atoms with van der Waals surface area (Å²) in [4.78, 5) is 24.5. The van der Waals surface area contributed by atoms with Crippen molar-refractivity contribution in [2.45, 2.75) is 19.9 Å². The Morgan fingerprint density at radius 1 is 1.38 bits per heavy atom. The van der Waals surface area contributed by atoms with Gasteiger partial charge in [-0.3, -0.25) is 4.79 Å². The van der Waals surface area contributed by atoms with Gasteiger partial charge >= 0.3 is 11.9 Å². The molecule has 0 aliphatic rings. The molecule has 21 heavy (non-hydrogen) atoms. The highest BCUT2D eigenvalue weighted by molar-refractivity contribution is 7.09. The Balaban J connectivity index is 2.24. The predicted octanol–water partition coefficient (Wildman–Crippen LogP) is 2.49. The van der Waals surface area contributed by atoms with Crippen LogP contribution in [0.25, 0.3) is 0 Å². The van der Waals surface area contributed by atoms with E-state index in [4.69, 9.17) is 9.47 Å². The fourth-order valence-corrected chi connectivity index (χ4v) is 2.74. The Bertz CT molecular complexity index is 616. The third-order valence-corrected chi connectivity index (χ3v) is 3.82. The summed E-state index contributed by atoms with van der Waals surface area (Å²) >= 11 is 1.63. The summed E-state index contributed by atoms with van der Waals surface area (Å²) in [5, 5.41) is 2.00. The zero-order chi connectivity index (χ0) is 15.2. The zero-order valence-electron chi connectivity index (χ0n) is 12.0. The van der Waals surface area contributed by atoms with E-state index in [0.717, 1.165) is 10.6 Å². The molecule has 5 nitrogen and oxygen atoms in total. The minimum absolute atomic E-state index is 0.0888. The van der Waals surface area contributed by atoms with Gasteiger partial charge in [0.15, 0.2) is 0 Å². The number of thiophene rings is 1.